The zero-order valence-corrected chi connectivity index (χ0v) is 15.0. The fourth-order valence-electron chi connectivity index (χ4n) is 3.27. The van der Waals surface area contributed by atoms with Crippen LogP contribution in [-0.4, -0.2) is 52.4 Å². The summed E-state index contributed by atoms with van der Waals surface area (Å²) in [6.07, 6.45) is 1.13. The van der Waals surface area contributed by atoms with E-state index in [0.717, 1.165) is 30.2 Å². The summed E-state index contributed by atoms with van der Waals surface area (Å²) in [4.78, 5) is 38.0. The monoisotopic (exact) mass is 362 g/mol. The van der Waals surface area contributed by atoms with Gasteiger partial charge in [0, 0.05) is 35.8 Å². The molecule has 1 heterocycles. The number of amides is 2. The molecule has 25 heavy (non-hydrogen) atoms. The highest BCUT2D eigenvalue weighted by atomic mass is 32.2. The van der Waals surface area contributed by atoms with Crippen LogP contribution in [0, 0.1) is 18.8 Å². The van der Waals surface area contributed by atoms with Crippen molar-refractivity contribution in [3.05, 3.63) is 29.3 Å². The molecular weight excluding hydrogens is 340 g/mol. The molecule has 2 amide bonds. The number of benzene rings is 1. The van der Waals surface area contributed by atoms with Crippen LogP contribution in [0.25, 0.3) is 0 Å². The summed E-state index contributed by atoms with van der Waals surface area (Å²) in [5.41, 5.74) is 1.90. The van der Waals surface area contributed by atoms with Gasteiger partial charge in [-0.2, -0.15) is 11.8 Å². The maximum atomic E-state index is 12.7. The van der Waals surface area contributed by atoms with Crippen LogP contribution < -0.4 is 5.32 Å². The molecule has 7 heteroatoms. The molecule has 3 rings (SSSR count). The third kappa shape index (κ3) is 3.66. The first kappa shape index (κ1) is 17.8. The van der Waals surface area contributed by atoms with E-state index in [9.17, 15) is 14.4 Å². The van der Waals surface area contributed by atoms with Crippen LogP contribution in [0.4, 0.5) is 5.69 Å². The number of carbonyl (C=O) groups is 3. The highest BCUT2D eigenvalue weighted by Gasteiger charge is 2.41. The van der Waals surface area contributed by atoms with E-state index in [-0.39, 0.29) is 11.8 Å². The van der Waals surface area contributed by atoms with Crippen molar-refractivity contribution < 1.29 is 19.5 Å². The molecule has 1 aliphatic heterocycles. The first-order chi connectivity index (χ1) is 12.0. The van der Waals surface area contributed by atoms with Crippen molar-refractivity contribution in [3.8, 4) is 0 Å². The van der Waals surface area contributed by atoms with Gasteiger partial charge in [-0.25, -0.2) is 0 Å². The lowest BCUT2D eigenvalue weighted by Gasteiger charge is -2.32. The van der Waals surface area contributed by atoms with Gasteiger partial charge in [-0.3, -0.25) is 14.4 Å². The smallest absolute Gasteiger partial charge is 0.307 e. The van der Waals surface area contributed by atoms with Crippen molar-refractivity contribution in [3.63, 3.8) is 0 Å². The second kappa shape index (κ2) is 7.47. The molecule has 1 aromatic carbocycles. The van der Waals surface area contributed by atoms with E-state index in [2.05, 4.69) is 5.32 Å². The number of thioether (sulfide) groups is 1. The van der Waals surface area contributed by atoms with Crippen LogP contribution in [0.2, 0.25) is 0 Å². The number of carbonyl (C=O) groups excluding carboxylic acids is 2. The molecule has 134 valence electrons. The van der Waals surface area contributed by atoms with Crippen LogP contribution in [0.3, 0.4) is 0 Å². The van der Waals surface area contributed by atoms with Crippen molar-refractivity contribution in [1.29, 1.82) is 0 Å². The van der Waals surface area contributed by atoms with Gasteiger partial charge in [0.25, 0.3) is 5.91 Å². The normalized spacial score (nSPS) is 22.8. The fourth-order valence-corrected chi connectivity index (χ4v) is 4.18. The third-order valence-electron chi connectivity index (χ3n) is 5.05. The molecule has 1 aliphatic carbocycles. The van der Waals surface area contributed by atoms with Gasteiger partial charge in [0.15, 0.2) is 0 Å². The molecule has 2 unspecified atom stereocenters. The Bertz CT molecular complexity index is 700. The van der Waals surface area contributed by atoms with Gasteiger partial charge in [-0.1, -0.05) is 6.07 Å². The Labute approximate surface area is 151 Å². The molecule has 1 saturated carbocycles. The quantitative estimate of drug-likeness (QED) is 0.858. The van der Waals surface area contributed by atoms with Crippen LogP contribution >= 0.6 is 11.8 Å². The van der Waals surface area contributed by atoms with Gasteiger partial charge >= 0.3 is 5.97 Å². The highest BCUT2D eigenvalue weighted by molar-refractivity contribution is 7.99. The Morgan fingerprint density at radius 3 is 2.44 bits per heavy atom. The van der Waals surface area contributed by atoms with Crippen LogP contribution in [-0.2, 0) is 9.59 Å². The predicted molar refractivity (Wildman–Crippen MR) is 96.9 cm³/mol. The summed E-state index contributed by atoms with van der Waals surface area (Å²) in [6.45, 7) is 3.29. The molecule has 1 aromatic rings. The predicted octanol–water partition coefficient (Wildman–Crippen LogP) is 2.23. The zero-order chi connectivity index (χ0) is 18.0. The zero-order valence-electron chi connectivity index (χ0n) is 14.2. The minimum atomic E-state index is -0.921. The molecule has 0 aromatic heterocycles. The summed E-state index contributed by atoms with van der Waals surface area (Å²) < 4.78 is 0. The molecule has 2 aliphatic rings. The molecule has 0 bridgehead atoms. The standard InChI is InChI=1S/C18H22N2O4S/c1-11-12(17(22)20-7-9-25-10-8-20)3-2-4-15(11)19-16(21)13-5-6-14(13)18(23)24/h2-4,13-14H,5-10H2,1H3,(H,19,21)(H,23,24). The fraction of sp³-hybridized carbons (Fsp3) is 0.500. The van der Waals surface area contributed by atoms with Crippen molar-refractivity contribution >= 4 is 35.2 Å². The number of rotatable bonds is 4. The number of carboxylic acids is 1. The Hall–Kier alpha value is -2.02. The summed E-state index contributed by atoms with van der Waals surface area (Å²) in [5, 5.41) is 11.9. The topological polar surface area (TPSA) is 86.7 Å². The molecular formula is C18H22N2O4S. The number of nitrogens with zero attached hydrogens (tertiary/aromatic N) is 1. The van der Waals surface area contributed by atoms with Gasteiger partial charge in [0.05, 0.1) is 11.8 Å². The lowest BCUT2D eigenvalue weighted by atomic mass is 9.73. The van der Waals surface area contributed by atoms with E-state index in [4.69, 9.17) is 5.11 Å². The molecule has 6 nitrogen and oxygen atoms in total. The van der Waals surface area contributed by atoms with Crippen molar-refractivity contribution in [2.45, 2.75) is 19.8 Å². The Balaban J connectivity index is 1.73. The van der Waals surface area contributed by atoms with Gasteiger partial charge in [-0.05, 0) is 37.5 Å². The second-order valence-electron chi connectivity index (χ2n) is 6.50. The summed E-state index contributed by atoms with van der Waals surface area (Å²) >= 11 is 1.84. The van der Waals surface area contributed by atoms with E-state index < -0.39 is 17.8 Å². The van der Waals surface area contributed by atoms with Crippen LogP contribution in [0.15, 0.2) is 18.2 Å². The molecule has 0 radical (unpaired) electrons. The number of carboxylic acid groups (broad SMARTS) is 1. The molecule has 1 saturated heterocycles. The second-order valence-corrected chi connectivity index (χ2v) is 7.73. The average molecular weight is 362 g/mol. The van der Waals surface area contributed by atoms with E-state index in [1.165, 1.54) is 0 Å². The van der Waals surface area contributed by atoms with E-state index in [1.807, 2.05) is 23.6 Å². The van der Waals surface area contributed by atoms with Crippen molar-refractivity contribution in [2.24, 2.45) is 11.8 Å². The SMILES string of the molecule is Cc1c(NC(=O)C2CCC2C(=O)O)cccc1C(=O)N1CCSCC1. The van der Waals surface area contributed by atoms with E-state index >= 15 is 0 Å². The molecule has 2 fully saturated rings. The number of anilines is 1. The van der Waals surface area contributed by atoms with Crippen LogP contribution in [0.5, 0.6) is 0 Å². The van der Waals surface area contributed by atoms with E-state index in [0.29, 0.717) is 24.1 Å². The molecule has 0 spiro atoms. The Kier molecular flexibility index (Phi) is 5.32. The summed E-state index contributed by atoms with van der Waals surface area (Å²) in [6, 6.07) is 5.28. The van der Waals surface area contributed by atoms with Gasteiger partial charge in [-0.15, -0.1) is 0 Å². The van der Waals surface area contributed by atoms with Crippen LogP contribution in [0.1, 0.15) is 28.8 Å². The lowest BCUT2D eigenvalue weighted by molar-refractivity contribution is -0.151. The number of nitrogens with one attached hydrogen (secondary N) is 1. The largest absolute Gasteiger partial charge is 0.481 e. The minimum absolute atomic E-state index is 0.0130. The first-order valence-electron chi connectivity index (χ1n) is 8.49. The Morgan fingerprint density at radius 2 is 1.84 bits per heavy atom. The maximum absolute atomic E-state index is 12.7. The minimum Gasteiger partial charge on any atom is -0.481 e. The van der Waals surface area contributed by atoms with Crippen molar-refractivity contribution in [1.82, 2.24) is 4.90 Å². The first-order valence-corrected chi connectivity index (χ1v) is 9.65. The summed E-state index contributed by atoms with van der Waals surface area (Å²) in [7, 11) is 0. The Morgan fingerprint density at radius 1 is 1.16 bits per heavy atom. The summed E-state index contributed by atoms with van der Waals surface area (Å²) in [5.74, 6) is -0.415. The maximum Gasteiger partial charge on any atom is 0.307 e. The molecule has 2 atom stereocenters. The number of hydrogen-bond acceptors (Lipinski definition) is 4. The number of aliphatic carboxylic acids is 1. The number of hydrogen-bond donors (Lipinski definition) is 2. The van der Waals surface area contributed by atoms with Gasteiger partial charge in [0.2, 0.25) is 5.91 Å². The third-order valence-corrected chi connectivity index (χ3v) is 5.99. The van der Waals surface area contributed by atoms with E-state index in [1.54, 1.807) is 18.2 Å². The average Bonchev–Trinajstić information content (AvgIpc) is 2.55. The lowest BCUT2D eigenvalue weighted by Crippen LogP contribution is -2.41. The van der Waals surface area contributed by atoms with Crippen molar-refractivity contribution in [2.75, 3.05) is 29.9 Å². The highest BCUT2D eigenvalue weighted by Crippen LogP contribution is 2.35. The molecule has 2 N–H and O–H groups in total. The van der Waals surface area contributed by atoms with Gasteiger partial charge < -0.3 is 15.3 Å². The van der Waals surface area contributed by atoms with Gasteiger partial charge in [0.1, 0.15) is 0 Å².